The van der Waals surface area contributed by atoms with Gasteiger partial charge in [0.05, 0.1) is 0 Å². The number of aliphatic hydroxyl groups excluding tert-OH is 1. The summed E-state index contributed by atoms with van der Waals surface area (Å²) in [6, 6.07) is 8.04. The highest BCUT2D eigenvalue weighted by Gasteiger charge is 2.14. The van der Waals surface area contributed by atoms with Crippen LogP contribution in [0.25, 0.3) is 0 Å². The van der Waals surface area contributed by atoms with E-state index in [9.17, 15) is 9.50 Å². The van der Waals surface area contributed by atoms with E-state index >= 15 is 0 Å². The molecule has 84 valence electrons. The molecule has 1 aromatic heterocycles. The van der Waals surface area contributed by atoms with Gasteiger partial charge in [-0.05, 0) is 43.2 Å². The number of hydrogen-bond acceptors (Lipinski definition) is 2. The van der Waals surface area contributed by atoms with E-state index in [0.29, 0.717) is 16.9 Å². The van der Waals surface area contributed by atoms with Crippen molar-refractivity contribution in [3.05, 3.63) is 58.8 Å². The largest absolute Gasteiger partial charge is 0.463 e. The maximum Gasteiger partial charge on any atom is 0.137 e. The van der Waals surface area contributed by atoms with Crippen molar-refractivity contribution in [3.8, 4) is 0 Å². The highest BCUT2D eigenvalue weighted by molar-refractivity contribution is 5.29. The van der Waals surface area contributed by atoms with Crippen molar-refractivity contribution in [3.63, 3.8) is 0 Å². The van der Waals surface area contributed by atoms with E-state index in [1.165, 1.54) is 6.07 Å². The molecule has 2 aromatic rings. The van der Waals surface area contributed by atoms with Crippen LogP contribution in [-0.2, 0) is 0 Å². The predicted octanol–water partition coefficient (Wildman–Crippen LogP) is 3.12. The summed E-state index contributed by atoms with van der Waals surface area (Å²) in [7, 11) is 0. The second-order valence-electron chi connectivity index (χ2n) is 3.86. The third-order valence-electron chi connectivity index (χ3n) is 2.53. The summed E-state index contributed by atoms with van der Waals surface area (Å²) in [4.78, 5) is 0. The maximum atomic E-state index is 13.1. The zero-order valence-electron chi connectivity index (χ0n) is 9.20. The van der Waals surface area contributed by atoms with Gasteiger partial charge in [-0.2, -0.15) is 0 Å². The van der Waals surface area contributed by atoms with Gasteiger partial charge in [0.25, 0.3) is 0 Å². The minimum absolute atomic E-state index is 0.272. The highest BCUT2D eigenvalue weighted by atomic mass is 19.1. The fourth-order valence-corrected chi connectivity index (χ4v) is 1.60. The third kappa shape index (κ3) is 1.99. The lowest BCUT2D eigenvalue weighted by molar-refractivity contribution is 0.187. The Hall–Kier alpha value is -1.61. The Balaban J connectivity index is 2.33. The Kier molecular flexibility index (Phi) is 2.79. The lowest BCUT2D eigenvalue weighted by Gasteiger charge is -2.09. The fourth-order valence-electron chi connectivity index (χ4n) is 1.60. The van der Waals surface area contributed by atoms with Crippen LogP contribution in [0.1, 0.15) is 28.8 Å². The van der Waals surface area contributed by atoms with Gasteiger partial charge in [-0.3, -0.25) is 0 Å². The molecule has 16 heavy (non-hydrogen) atoms. The van der Waals surface area contributed by atoms with Crippen molar-refractivity contribution in [1.29, 1.82) is 0 Å². The van der Waals surface area contributed by atoms with Gasteiger partial charge in [0.15, 0.2) is 0 Å². The summed E-state index contributed by atoms with van der Waals surface area (Å²) >= 11 is 0. The monoisotopic (exact) mass is 220 g/mol. The molecule has 0 bridgehead atoms. The Bertz CT molecular complexity index is 502. The molecule has 0 radical (unpaired) electrons. The van der Waals surface area contributed by atoms with Crippen molar-refractivity contribution >= 4 is 0 Å². The average molecular weight is 220 g/mol. The van der Waals surface area contributed by atoms with E-state index in [1.807, 2.05) is 6.92 Å². The van der Waals surface area contributed by atoms with Crippen LogP contribution in [0.15, 0.2) is 34.7 Å². The number of furan rings is 1. The van der Waals surface area contributed by atoms with E-state index in [-0.39, 0.29) is 5.82 Å². The van der Waals surface area contributed by atoms with Crippen molar-refractivity contribution < 1.29 is 13.9 Å². The van der Waals surface area contributed by atoms with Crippen LogP contribution >= 0.6 is 0 Å². The molecule has 0 aliphatic carbocycles. The van der Waals surface area contributed by atoms with Gasteiger partial charge in [-0.25, -0.2) is 4.39 Å². The molecular formula is C13H13FO2. The molecule has 1 N–H and O–H groups in total. The summed E-state index contributed by atoms with van der Waals surface area (Å²) in [5.74, 6) is 0.947. The molecule has 0 saturated heterocycles. The highest BCUT2D eigenvalue weighted by Crippen LogP contribution is 2.24. The van der Waals surface area contributed by atoms with Crippen molar-refractivity contribution in [2.24, 2.45) is 0 Å². The average Bonchev–Trinajstić information content (AvgIpc) is 2.68. The first-order chi connectivity index (χ1) is 7.58. The first-order valence-electron chi connectivity index (χ1n) is 5.08. The zero-order valence-corrected chi connectivity index (χ0v) is 9.20. The lowest BCUT2D eigenvalue weighted by atomic mass is 10.0. The van der Waals surface area contributed by atoms with Crippen molar-refractivity contribution in [1.82, 2.24) is 0 Å². The Morgan fingerprint density at radius 1 is 1.19 bits per heavy atom. The van der Waals surface area contributed by atoms with E-state index in [4.69, 9.17) is 4.42 Å². The molecular weight excluding hydrogens is 207 g/mol. The molecule has 0 fully saturated rings. The molecule has 3 heteroatoms. The van der Waals surface area contributed by atoms with Crippen molar-refractivity contribution in [2.75, 3.05) is 0 Å². The van der Waals surface area contributed by atoms with Crippen LogP contribution in [-0.4, -0.2) is 5.11 Å². The summed E-state index contributed by atoms with van der Waals surface area (Å²) < 4.78 is 18.4. The number of aliphatic hydroxyl groups is 1. The van der Waals surface area contributed by atoms with Crippen LogP contribution < -0.4 is 0 Å². The molecule has 2 rings (SSSR count). The van der Waals surface area contributed by atoms with E-state index in [2.05, 4.69) is 0 Å². The van der Waals surface area contributed by atoms with Gasteiger partial charge in [-0.15, -0.1) is 0 Å². The van der Waals surface area contributed by atoms with Crippen LogP contribution in [0.2, 0.25) is 0 Å². The normalized spacial score (nSPS) is 12.8. The fraction of sp³-hybridized carbons (Fsp3) is 0.231. The minimum Gasteiger partial charge on any atom is -0.463 e. The number of hydrogen-bond donors (Lipinski definition) is 1. The molecule has 0 aliphatic rings. The Labute approximate surface area is 93.3 Å². The third-order valence-corrected chi connectivity index (χ3v) is 2.53. The summed E-state index contributed by atoms with van der Waals surface area (Å²) in [6.45, 7) is 3.48. The number of benzene rings is 1. The smallest absolute Gasteiger partial charge is 0.137 e. The van der Waals surface area contributed by atoms with Gasteiger partial charge in [-0.1, -0.05) is 12.1 Å². The zero-order chi connectivity index (χ0) is 11.7. The van der Waals surface area contributed by atoms with Crippen LogP contribution in [0.5, 0.6) is 0 Å². The summed E-state index contributed by atoms with van der Waals surface area (Å²) in [5, 5.41) is 10.0. The molecule has 0 amide bonds. The van der Waals surface area contributed by atoms with E-state index in [0.717, 1.165) is 5.76 Å². The molecule has 0 spiro atoms. The molecule has 1 heterocycles. The van der Waals surface area contributed by atoms with Gasteiger partial charge in [0.2, 0.25) is 0 Å². The topological polar surface area (TPSA) is 33.4 Å². The Morgan fingerprint density at radius 3 is 2.50 bits per heavy atom. The second-order valence-corrected chi connectivity index (χ2v) is 3.86. The SMILES string of the molecule is Cc1ccc([C@@H](O)c2ccc(F)c(C)c2)o1. The van der Waals surface area contributed by atoms with Crippen LogP contribution in [0.3, 0.4) is 0 Å². The molecule has 1 aromatic carbocycles. The maximum absolute atomic E-state index is 13.1. The molecule has 0 aliphatic heterocycles. The minimum atomic E-state index is -0.840. The number of rotatable bonds is 2. The van der Waals surface area contributed by atoms with Crippen LogP contribution in [0.4, 0.5) is 4.39 Å². The molecule has 1 atom stereocenters. The van der Waals surface area contributed by atoms with Crippen molar-refractivity contribution in [2.45, 2.75) is 20.0 Å². The summed E-state index contributed by atoms with van der Waals surface area (Å²) in [6.07, 6.45) is -0.840. The van der Waals surface area contributed by atoms with Gasteiger partial charge in [0, 0.05) is 0 Å². The Morgan fingerprint density at radius 2 is 1.94 bits per heavy atom. The molecule has 0 unspecified atom stereocenters. The standard InChI is InChI=1S/C13H13FO2/c1-8-7-10(4-5-11(8)14)13(15)12-6-3-9(2)16-12/h3-7,13,15H,1-2H3/t13-/m0/s1. The predicted molar refractivity (Wildman–Crippen MR) is 58.6 cm³/mol. The van der Waals surface area contributed by atoms with Gasteiger partial charge < -0.3 is 9.52 Å². The van der Waals surface area contributed by atoms with Gasteiger partial charge in [0.1, 0.15) is 23.4 Å². The van der Waals surface area contributed by atoms with Gasteiger partial charge >= 0.3 is 0 Å². The van der Waals surface area contributed by atoms with Crippen LogP contribution in [0, 0.1) is 19.7 Å². The van der Waals surface area contributed by atoms with E-state index in [1.54, 1.807) is 31.2 Å². The quantitative estimate of drug-likeness (QED) is 0.843. The molecule has 2 nitrogen and oxygen atoms in total. The first-order valence-corrected chi connectivity index (χ1v) is 5.08. The molecule has 0 saturated carbocycles. The number of aryl methyl sites for hydroxylation is 2. The number of halogens is 1. The second kappa shape index (κ2) is 4.10. The lowest BCUT2D eigenvalue weighted by Crippen LogP contribution is -1.99. The first kappa shape index (κ1) is 10.9. The van der Waals surface area contributed by atoms with E-state index < -0.39 is 6.10 Å². The summed E-state index contributed by atoms with van der Waals surface area (Å²) in [5.41, 5.74) is 1.15.